The van der Waals surface area contributed by atoms with Gasteiger partial charge in [0.1, 0.15) is 5.41 Å². The van der Waals surface area contributed by atoms with Gasteiger partial charge in [-0.2, -0.15) is 0 Å². The predicted molar refractivity (Wildman–Crippen MR) is 45.6 cm³/mol. The first-order valence-corrected chi connectivity index (χ1v) is 5.29. The van der Waals surface area contributed by atoms with Gasteiger partial charge in [-0.3, -0.25) is 4.79 Å². The Morgan fingerprint density at radius 2 is 2.50 bits per heavy atom. The third-order valence-electron chi connectivity index (χ3n) is 3.15. The number of rotatable bonds is 0. The molecule has 0 bridgehead atoms. The first-order chi connectivity index (χ1) is 5.71. The first-order valence-electron chi connectivity index (χ1n) is 4.31. The highest BCUT2D eigenvalue weighted by molar-refractivity contribution is 8.02. The van der Waals surface area contributed by atoms with Crippen LogP contribution in [-0.4, -0.2) is 34.8 Å². The van der Waals surface area contributed by atoms with Gasteiger partial charge in [-0.05, 0) is 13.3 Å². The largest absolute Gasteiger partial charge is 0.345 e. The van der Waals surface area contributed by atoms with Crippen LogP contribution in [0.25, 0.3) is 0 Å². The van der Waals surface area contributed by atoms with Gasteiger partial charge in [0.05, 0.1) is 6.61 Å². The van der Waals surface area contributed by atoms with Crippen LogP contribution in [0.3, 0.4) is 0 Å². The molecule has 0 aromatic rings. The van der Waals surface area contributed by atoms with Gasteiger partial charge < -0.3 is 9.64 Å². The summed E-state index contributed by atoms with van der Waals surface area (Å²) < 4.78 is 5.70. The van der Waals surface area contributed by atoms with E-state index in [-0.39, 0.29) is 10.5 Å². The molecule has 3 heterocycles. The number of β-lactam (4-membered cyclic amide) rings is 1. The summed E-state index contributed by atoms with van der Waals surface area (Å²) in [7, 11) is 0. The topological polar surface area (TPSA) is 29.5 Å². The molecule has 12 heavy (non-hydrogen) atoms. The second-order valence-electron chi connectivity index (χ2n) is 3.86. The lowest BCUT2D eigenvalue weighted by molar-refractivity contribution is -0.253. The Hall–Kier alpha value is -0.220. The van der Waals surface area contributed by atoms with Gasteiger partial charge in [0.25, 0.3) is 0 Å². The molecular weight excluding hydrogens is 174 g/mol. The summed E-state index contributed by atoms with van der Waals surface area (Å²) in [4.78, 5) is 13.5. The smallest absolute Gasteiger partial charge is 0.238 e. The van der Waals surface area contributed by atoms with E-state index in [2.05, 4.69) is 0 Å². The van der Waals surface area contributed by atoms with E-state index in [1.807, 2.05) is 11.8 Å². The van der Waals surface area contributed by atoms with Gasteiger partial charge in [0, 0.05) is 12.3 Å². The highest BCUT2D eigenvalue weighted by atomic mass is 32.2. The molecule has 66 valence electrons. The number of thioether (sulfide) groups is 1. The Bertz CT molecular complexity index is 270. The zero-order chi connectivity index (χ0) is 8.40. The van der Waals surface area contributed by atoms with Crippen LogP contribution in [-0.2, 0) is 9.53 Å². The number of ether oxygens (including phenoxy) is 1. The highest BCUT2D eigenvalue weighted by Gasteiger charge is 2.77. The van der Waals surface area contributed by atoms with Crippen molar-refractivity contribution < 1.29 is 9.53 Å². The van der Waals surface area contributed by atoms with Gasteiger partial charge in [-0.15, -0.1) is 11.8 Å². The third kappa shape index (κ3) is 0.476. The molecule has 3 aliphatic heterocycles. The van der Waals surface area contributed by atoms with Crippen LogP contribution < -0.4 is 0 Å². The number of carbonyl (C=O) groups is 1. The van der Waals surface area contributed by atoms with Crippen molar-refractivity contribution in [2.75, 3.05) is 18.9 Å². The molecule has 2 atom stereocenters. The van der Waals surface area contributed by atoms with E-state index in [1.165, 1.54) is 0 Å². The molecule has 1 amide bonds. The molecule has 1 spiro atoms. The van der Waals surface area contributed by atoms with E-state index in [9.17, 15) is 4.79 Å². The van der Waals surface area contributed by atoms with Crippen molar-refractivity contribution in [2.45, 2.75) is 18.4 Å². The maximum atomic E-state index is 11.6. The van der Waals surface area contributed by atoms with Gasteiger partial charge in [-0.25, -0.2) is 0 Å². The van der Waals surface area contributed by atoms with Gasteiger partial charge in [-0.1, -0.05) is 0 Å². The lowest BCUT2D eigenvalue weighted by Crippen LogP contribution is -2.84. The molecular formula is C8H11NO2S. The zero-order valence-electron chi connectivity index (χ0n) is 7.00. The summed E-state index contributed by atoms with van der Waals surface area (Å²) in [5.41, 5.74) is -0.182. The summed E-state index contributed by atoms with van der Waals surface area (Å²) in [6.45, 7) is 3.72. The minimum absolute atomic E-state index is 0.182. The quantitative estimate of drug-likeness (QED) is 0.519. The number of hydrogen-bond donors (Lipinski definition) is 0. The minimum Gasteiger partial charge on any atom is -0.345 e. The molecule has 0 saturated carbocycles. The van der Waals surface area contributed by atoms with E-state index >= 15 is 0 Å². The Labute approximate surface area is 75.4 Å². The van der Waals surface area contributed by atoms with Crippen LogP contribution in [0.2, 0.25) is 0 Å². The number of carbonyl (C=O) groups excluding carboxylic acids is 1. The van der Waals surface area contributed by atoms with Gasteiger partial charge >= 0.3 is 0 Å². The molecule has 3 saturated heterocycles. The lowest BCUT2D eigenvalue weighted by atomic mass is 9.77. The molecule has 4 heteroatoms. The van der Waals surface area contributed by atoms with Crippen molar-refractivity contribution >= 4 is 17.7 Å². The van der Waals surface area contributed by atoms with E-state index in [0.29, 0.717) is 5.91 Å². The predicted octanol–water partition coefficient (Wildman–Crippen LogP) is 0.656. The molecule has 3 aliphatic rings. The maximum absolute atomic E-state index is 11.6. The van der Waals surface area contributed by atoms with Crippen molar-refractivity contribution in [3.05, 3.63) is 0 Å². The van der Waals surface area contributed by atoms with E-state index in [4.69, 9.17) is 4.74 Å². The molecule has 0 aromatic carbocycles. The van der Waals surface area contributed by atoms with Crippen LogP contribution in [0.4, 0.5) is 0 Å². The third-order valence-corrected chi connectivity index (χ3v) is 5.05. The fraction of sp³-hybridized carbons (Fsp3) is 0.875. The molecule has 0 radical (unpaired) electrons. The Morgan fingerprint density at radius 3 is 3.08 bits per heavy atom. The van der Waals surface area contributed by atoms with Crippen molar-refractivity contribution in [1.82, 2.24) is 4.90 Å². The second kappa shape index (κ2) is 1.82. The van der Waals surface area contributed by atoms with Crippen LogP contribution in [0, 0.1) is 5.41 Å². The second-order valence-corrected chi connectivity index (χ2v) is 4.99. The Morgan fingerprint density at radius 1 is 1.67 bits per heavy atom. The summed E-state index contributed by atoms with van der Waals surface area (Å²) in [5, 5.41) is -0.234. The van der Waals surface area contributed by atoms with Crippen LogP contribution in [0.1, 0.15) is 13.3 Å². The summed E-state index contributed by atoms with van der Waals surface area (Å²) in [6.07, 6.45) is 0.990. The standard InChI is InChI=1S/C8H11NO2S/c1-7-5-12-8(7)9(6(7)10)3-2-4-11-8/h2-5H2,1H3/t7-,8-/m0/s1. The maximum Gasteiger partial charge on any atom is 0.238 e. The lowest BCUT2D eigenvalue weighted by Gasteiger charge is -2.70. The van der Waals surface area contributed by atoms with E-state index in [0.717, 1.165) is 25.3 Å². The molecule has 3 fully saturated rings. The summed E-state index contributed by atoms with van der Waals surface area (Å²) in [6, 6.07) is 0. The molecule has 0 aliphatic carbocycles. The monoisotopic (exact) mass is 185 g/mol. The first kappa shape index (κ1) is 7.21. The Balaban J connectivity index is 1.98. The number of amides is 1. The molecule has 3 rings (SSSR count). The van der Waals surface area contributed by atoms with Gasteiger partial charge in [0.2, 0.25) is 11.0 Å². The molecule has 0 aromatic heterocycles. The number of nitrogens with zero attached hydrogens (tertiary/aromatic N) is 1. The van der Waals surface area contributed by atoms with Crippen LogP contribution >= 0.6 is 11.8 Å². The van der Waals surface area contributed by atoms with Gasteiger partial charge in [0.15, 0.2) is 0 Å². The molecule has 0 unspecified atom stereocenters. The molecule has 3 nitrogen and oxygen atoms in total. The van der Waals surface area contributed by atoms with Crippen LogP contribution in [0.15, 0.2) is 0 Å². The summed E-state index contributed by atoms with van der Waals surface area (Å²) >= 11 is 1.77. The molecule has 0 N–H and O–H groups in total. The average Bonchev–Trinajstić information content (AvgIpc) is 2.14. The highest BCUT2D eigenvalue weighted by Crippen LogP contribution is 2.66. The normalized spacial score (nSPS) is 50.4. The summed E-state index contributed by atoms with van der Waals surface area (Å²) in [5.74, 6) is 1.23. The van der Waals surface area contributed by atoms with Crippen molar-refractivity contribution in [3.63, 3.8) is 0 Å². The van der Waals surface area contributed by atoms with E-state index in [1.54, 1.807) is 11.8 Å². The van der Waals surface area contributed by atoms with E-state index < -0.39 is 0 Å². The number of hydrogen-bond acceptors (Lipinski definition) is 3. The average molecular weight is 185 g/mol. The van der Waals surface area contributed by atoms with Crippen molar-refractivity contribution in [2.24, 2.45) is 5.41 Å². The van der Waals surface area contributed by atoms with Crippen molar-refractivity contribution in [3.8, 4) is 0 Å². The van der Waals surface area contributed by atoms with Crippen LogP contribution in [0.5, 0.6) is 0 Å². The fourth-order valence-electron chi connectivity index (χ4n) is 2.32. The Kier molecular flexibility index (Phi) is 1.10. The van der Waals surface area contributed by atoms with Crippen molar-refractivity contribution in [1.29, 1.82) is 0 Å². The fourth-order valence-corrected chi connectivity index (χ4v) is 3.86. The zero-order valence-corrected chi connectivity index (χ0v) is 7.82. The minimum atomic E-state index is -0.234. The SMILES string of the molecule is C[C@@]12CS[C@@]13OCCCN3C2=O.